The van der Waals surface area contributed by atoms with Crippen LogP contribution in [0.3, 0.4) is 0 Å². The van der Waals surface area contributed by atoms with Gasteiger partial charge in [-0.3, -0.25) is 9.00 Å². The Morgan fingerprint density at radius 3 is 2.38 bits per heavy atom. The van der Waals surface area contributed by atoms with Gasteiger partial charge >= 0.3 is 5.97 Å². The largest absolute Gasteiger partial charge is 0.465 e. The predicted octanol–water partition coefficient (Wildman–Crippen LogP) is 2.66. The molecule has 0 aromatic carbocycles. The molecule has 0 aliphatic heterocycles. The molecular weight excluding hydrogens is 224 g/mol. The highest BCUT2D eigenvalue weighted by Crippen LogP contribution is 2.10. The van der Waals surface area contributed by atoms with Crippen molar-refractivity contribution in [3.63, 3.8) is 0 Å². The van der Waals surface area contributed by atoms with Crippen LogP contribution in [0.15, 0.2) is 0 Å². The van der Waals surface area contributed by atoms with Crippen LogP contribution in [0.25, 0.3) is 0 Å². The Hall–Kier alpha value is -0.380. The standard InChI is InChI=1S/C12H24O3S/c1-4-7-8-10-16(14)11(9-5-2)12(13)15-6-3/h11H,4-10H2,1-3H3. The zero-order valence-electron chi connectivity index (χ0n) is 10.7. The third-order valence-electron chi connectivity index (χ3n) is 2.37. The lowest BCUT2D eigenvalue weighted by molar-refractivity contribution is -0.142. The van der Waals surface area contributed by atoms with E-state index in [-0.39, 0.29) is 5.97 Å². The van der Waals surface area contributed by atoms with Gasteiger partial charge in [0.1, 0.15) is 5.25 Å². The van der Waals surface area contributed by atoms with Crippen molar-refractivity contribution in [3.05, 3.63) is 0 Å². The van der Waals surface area contributed by atoms with E-state index in [9.17, 15) is 9.00 Å². The molecule has 0 fully saturated rings. The average Bonchev–Trinajstić information content (AvgIpc) is 2.26. The van der Waals surface area contributed by atoms with Crippen molar-refractivity contribution in [1.29, 1.82) is 0 Å². The molecule has 0 rings (SSSR count). The molecule has 2 unspecified atom stereocenters. The Bertz CT molecular complexity index is 216. The van der Waals surface area contributed by atoms with Gasteiger partial charge in [0.05, 0.1) is 6.61 Å². The maximum Gasteiger partial charge on any atom is 0.321 e. The van der Waals surface area contributed by atoms with Crippen LogP contribution in [0.1, 0.15) is 52.9 Å². The summed E-state index contributed by atoms with van der Waals surface area (Å²) in [4.78, 5) is 11.6. The van der Waals surface area contributed by atoms with Gasteiger partial charge < -0.3 is 4.74 Å². The summed E-state index contributed by atoms with van der Waals surface area (Å²) in [5.74, 6) is 0.330. The SMILES string of the molecule is CCCCCS(=O)C(CCC)C(=O)OCC. The lowest BCUT2D eigenvalue weighted by atomic mass is 10.2. The van der Waals surface area contributed by atoms with Crippen molar-refractivity contribution in [2.45, 2.75) is 58.1 Å². The molecule has 0 N–H and O–H groups in total. The number of carbonyl (C=O) groups excluding carboxylic acids is 1. The maximum absolute atomic E-state index is 11.9. The van der Waals surface area contributed by atoms with Crippen LogP contribution in [0.2, 0.25) is 0 Å². The third-order valence-corrected chi connectivity index (χ3v) is 4.12. The molecule has 0 amide bonds. The van der Waals surface area contributed by atoms with Crippen molar-refractivity contribution >= 4 is 16.8 Å². The smallest absolute Gasteiger partial charge is 0.321 e. The van der Waals surface area contributed by atoms with E-state index in [0.29, 0.717) is 18.8 Å². The molecule has 0 saturated heterocycles. The monoisotopic (exact) mass is 248 g/mol. The summed E-state index contributed by atoms with van der Waals surface area (Å²) in [5.41, 5.74) is 0. The second kappa shape index (κ2) is 9.82. The topological polar surface area (TPSA) is 43.4 Å². The van der Waals surface area contributed by atoms with Gasteiger partial charge in [0.25, 0.3) is 0 Å². The average molecular weight is 248 g/mol. The molecule has 16 heavy (non-hydrogen) atoms. The van der Waals surface area contributed by atoms with Crippen molar-refractivity contribution in [2.75, 3.05) is 12.4 Å². The van der Waals surface area contributed by atoms with Crippen LogP contribution >= 0.6 is 0 Å². The van der Waals surface area contributed by atoms with Gasteiger partial charge in [-0.1, -0.05) is 33.1 Å². The summed E-state index contributed by atoms with van der Waals surface area (Å²) >= 11 is 0. The molecule has 4 heteroatoms. The zero-order chi connectivity index (χ0) is 12.4. The second-order valence-corrected chi connectivity index (χ2v) is 5.56. The molecule has 0 aromatic rings. The van der Waals surface area contributed by atoms with Crippen LogP contribution in [0.4, 0.5) is 0 Å². The van der Waals surface area contributed by atoms with Gasteiger partial charge in [-0.2, -0.15) is 0 Å². The van der Waals surface area contributed by atoms with E-state index in [1.165, 1.54) is 0 Å². The summed E-state index contributed by atoms with van der Waals surface area (Å²) < 4.78 is 16.9. The highest BCUT2D eigenvalue weighted by atomic mass is 32.2. The highest BCUT2D eigenvalue weighted by molar-refractivity contribution is 7.86. The van der Waals surface area contributed by atoms with Gasteiger partial charge in [-0.15, -0.1) is 0 Å². The first-order chi connectivity index (χ1) is 7.67. The number of hydrogen-bond donors (Lipinski definition) is 0. The number of rotatable bonds is 9. The van der Waals surface area contributed by atoms with Crippen LogP contribution in [0, 0.1) is 0 Å². The second-order valence-electron chi connectivity index (χ2n) is 3.82. The van der Waals surface area contributed by atoms with Gasteiger partial charge in [-0.25, -0.2) is 0 Å². The number of esters is 1. The Morgan fingerprint density at radius 2 is 1.88 bits per heavy atom. The summed E-state index contributed by atoms with van der Waals surface area (Å²) in [7, 11) is -1.07. The van der Waals surface area contributed by atoms with Crippen molar-refractivity contribution < 1.29 is 13.7 Å². The molecule has 0 aromatic heterocycles. The Morgan fingerprint density at radius 1 is 1.19 bits per heavy atom. The predicted molar refractivity (Wildman–Crippen MR) is 67.9 cm³/mol. The van der Waals surface area contributed by atoms with Crippen LogP contribution in [-0.4, -0.2) is 27.8 Å². The molecule has 0 aliphatic carbocycles. The van der Waals surface area contributed by atoms with Crippen molar-refractivity contribution in [3.8, 4) is 0 Å². The van der Waals surface area contributed by atoms with Crippen molar-refractivity contribution in [1.82, 2.24) is 0 Å². The Kier molecular flexibility index (Phi) is 9.59. The first-order valence-electron chi connectivity index (χ1n) is 6.21. The molecule has 0 heterocycles. The van der Waals surface area contributed by atoms with E-state index in [0.717, 1.165) is 25.7 Å². The normalized spacial score (nSPS) is 14.4. The summed E-state index contributed by atoms with van der Waals surface area (Å²) in [6.07, 6.45) is 4.64. The lowest BCUT2D eigenvalue weighted by Crippen LogP contribution is -2.29. The minimum absolute atomic E-state index is 0.292. The maximum atomic E-state index is 11.9. The van der Waals surface area contributed by atoms with E-state index in [1.54, 1.807) is 6.92 Å². The minimum Gasteiger partial charge on any atom is -0.465 e. The Labute approximate surface area is 101 Å². The molecular formula is C12H24O3S. The summed E-state index contributed by atoms with van der Waals surface area (Å²) in [6, 6.07) is 0. The minimum atomic E-state index is -1.07. The molecule has 0 radical (unpaired) electrons. The quantitative estimate of drug-likeness (QED) is 0.465. The van der Waals surface area contributed by atoms with Crippen molar-refractivity contribution in [2.24, 2.45) is 0 Å². The third kappa shape index (κ3) is 6.26. The number of carbonyl (C=O) groups is 1. The Balaban J connectivity index is 4.17. The molecule has 0 saturated carbocycles. The fourth-order valence-corrected chi connectivity index (χ4v) is 3.05. The van der Waals surface area contributed by atoms with Gasteiger partial charge in [0, 0.05) is 16.6 Å². The number of ether oxygens (including phenoxy) is 1. The first-order valence-corrected chi connectivity index (χ1v) is 7.59. The molecule has 0 aliphatic rings. The van der Waals surface area contributed by atoms with E-state index < -0.39 is 16.0 Å². The van der Waals surface area contributed by atoms with Gasteiger partial charge in [0.2, 0.25) is 0 Å². The molecule has 96 valence electrons. The van der Waals surface area contributed by atoms with E-state index >= 15 is 0 Å². The summed E-state index contributed by atoms with van der Waals surface area (Å²) in [6.45, 7) is 6.25. The van der Waals surface area contributed by atoms with Crippen LogP contribution in [-0.2, 0) is 20.3 Å². The fraction of sp³-hybridized carbons (Fsp3) is 0.917. The number of unbranched alkanes of at least 4 members (excludes halogenated alkanes) is 2. The molecule has 0 spiro atoms. The van der Waals surface area contributed by atoms with E-state index in [4.69, 9.17) is 4.74 Å². The lowest BCUT2D eigenvalue weighted by Gasteiger charge is -2.14. The summed E-state index contributed by atoms with van der Waals surface area (Å²) in [5, 5.41) is -0.415. The first kappa shape index (κ1) is 15.6. The van der Waals surface area contributed by atoms with Gasteiger partial charge in [-0.05, 0) is 19.8 Å². The molecule has 3 nitrogen and oxygen atoms in total. The zero-order valence-corrected chi connectivity index (χ0v) is 11.5. The highest BCUT2D eigenvalue weighted by Gasteiger charge is 2.24. The fourth-order valence-electron chi connectivity index (χ4n) is 1.49. The molecule has 2 atom stereocenters. The van der Waals surface area contributed by atoms with E-state index in [2.05, 4.69) is 6.92 Å². The van der Waals surface area contributed by atoms with E-state index in [1.807, 2.05) is 6.92 Å². The van der Waals surface area contributed by atoms with Gasteiger partial charge in [0.15, 0.2) is 0 Å². The van der Waals surface area contributed by atoms with Crippen LogP contribution < -0.4 is 0 Å². The molecule has 0 bridgehead atoms. The number of hydrogen-bond acceptors (Lipinski definition) is 3. The van der Waals surface area contributed by atoms with Crippen LogP contribution in [0.5, 0.6) is 0 Å².